The normalized spacial score (nSPS) is 18.7. The summed E-state index contributed by atoms with van der Waals surface area (Å²) in [5, 5.41) is 0.683. The van der Waals surface area contributed by atoms with E-state index in [9.17, 15) is 4.79 Å². The summed E-state index contributed by atoms with van der Waals surface area (Å²) in [6.45, 7) is 6.28. The molecule has 2 heterocycles. The summed E-state index contributed by atoms with van der Waals surface area (Å²) in [5.41, 5.74) is 3.30. The molecule has 1 aromatic heterocycles. The van der Waals surface area contributed by atoms with Gasteiger partial charge in [-0.1, -0.05) is 43.8 Å². The van der Waals surface area contributed by atoms with Crippen molar-refractivity contribution in [2.45, 2.75) is 36.6 Å². The molecular weight excluding hydrogens is 318 g/mol. The monoisotopic (exact) mass is 341 g/mol. The van der Waals surface area contributed by atoms with E-state index in [-0.39, 0.29) is 16.4 Å². The van der Waals surface area contributed by atoms with Gasteiger partial charge in [-0.3, -0.25) is 4.79 Å². The maximum Gasteiger partial charge on any atom is 0.170 e. The topological polar surface area (TPSA) is 38.1 Å². The van der Waals surface area contributed by atoms with Gasteiger partial charge < -0.3 is 9.47 Å². The summed E-state index contributed by atoms with van der Waals surface area (Å²) < 4.78 is 1.93. The van der Waals surface area contributed by atoms with Crippen molar-refractivity contribution >= 4 is 23.2 Å². The number of hydrogen-bond acceptors (Lipinski definition) is 4. The first-order valence-electron chi connectivity index (χ1n) is 8.05. The number of aryl methyl sites for hydroxylation is 1. The Morgan fingerprint density at radius 2 is 2.00 bits per heavy atom. The molecule has 1 aliphatic heterocycles. The van der Waals surface area contributed by atoms with E-state index in [1.54, 1.807) is 12.3 Å². The number of thioether (sulfide) groups is 1. The number of allylic oxidation sites excluding steroid dienone is 2. The van der Waals surface area contributed by atoms with E-state index in [1.807, 2.05) is 37.8 Å². The third-order valence-electron chi connectivity index (χ3n) is 4.68. The van der Waals surface area contributed by atoms with Crippen LogP contribution in [0.4, 0.5) is 5.69 Å². The predicted octanol–water partition coefficient (Wildman–Crippen LogP) is 3.78. The fourth-order valence-corrected chi connectivity index (χ4v) is 4.04. The van der Waals surface area contributed by atoms with Crippen LogP contribution < -0.4 is 4.90 Å². The number of nitrogens with zero attached hydrogens (tertiary/aromatic N) is 3. The highest BCUT2D eigenvalue weighted by Crippen LogP contribution is 2.46. The molecule has 1 aromatic carbocycles. The van der Waals surface area contributed by atoms with Crippen LogP contribution in [0.2, 0.25) is 0 Å². The first kappa shape index (κ1) is 16.8. The standard InChI is InChI=1S/C19H23N3OS/c1-13(24-18-20-10-11-21(18)4)16(23)12-17-19(2,3)14-8-6-7-9-15(14)22(17)5/h6-13H,1-5H3/b17-12+. The van der Waals surface area contributed by atoms with Gasteiger partial charge in [0.1, 0.15) is 0 Å². The Labute approximate surface area is 147 Å². The number of carbonyl (C=O) groups excluding carboxylic acids is 1. The van der Waals surface area contributed by atoms with Crippen LogP contribution in [0.5, 0.6) is 0 Å². The van der Waals surface area contributed by atoms with Gasteiger partial charge >= 0.3 is 0 Å². The zero-order valence-electron chi connectivity index (χ0n) is 14.8. The molecule has 0 bridgehead atoms. The zero-order chi connectivity index (χ0) is 17.5. The average Bonchev–Trinajstić information content (AvgIpc) is 3.03. The predicted molar refractivity (Wildman–Crippen MR) is 99.5 cm³/mol. The molecule has 0 N–H and O–H groups in total. The third-order valence-corrected chi connectivity index (χ3v) is 5.87. The molecule has 0 saturated heterocycles. The molecule has 1 atom stereocenters. The van der Waals surface area contributed by atoms with Gasteiger partial charge in [-0.2, -0.15) is 0 Å². The van der Waals surface area contributed by atoms with Gasteiger partial charge in [0, 0.05) is 49.4 Å². The number of rotatable bonds is 4. The molecule has 24 heavy (non-hydrogen) atoms. The number of fused-ring (bicyclic) bond motifs is 1. The minimum atomic E-state index is -0.175. The van der Waals surface area contributed by atoms with E-state index in [4.69, 9.17) is 0 Å². The molecule has 126 valence electrons. The fourth-order valence-electron chi connectivity index (χ4n) is 3.19. The number of carbonyl (C=O) groups is 1. The third kappa shape index (κ3) is 2.77. The number of aromatic nitrogens is 2. The first-order chi connectivity index (χ1) is 11.3. The van der Waals surface area contributed by atoms with Gasteiger partial charge in [0.15, 0.2) is 10.9 Å². The van der Waals surface area contributed by atoms with Crippen LogP contribution in [0.15, 0.2) is 53.6 Å². The fraction of sp³-hybridized carbons (Fsp3) is 0.368. The number of anilines is 1. The first-order valence-corrected chi connectivity index (χ1v) is 8.93. The van der Waals surface area contributed by atoms with Crippen molar-refractivity contribution in [2.75, 3.05) is 11.9 Å². The SMILES string of the molecule is CC(Sc1nccn1C)C(=O)/C=C1/N(C)c2ccccc2C1(C)C. The van der Waals surface area contributed by atoms with Crippen molar-refractivity contribution in [3.63, 3.8) is 0 Å². The van der Waals surface area contributed by atoms with Crippen LogP contribution in [-0.2, 0) is 17.3 Å². The van der Waals surface area contributed by atoms with Gasteiger partial charge in [0.05, 0.1) is 5.25 Å². The van der Waals surface area contributed by atoms with Crippen molar-refractivity contribution in [1.29, 1.82) is 0 Å². The van der Waals surface area contributed by atoms with E-state index in [1.165, 1.54) is 23.0 Å². The molecule has 0 spiro atoms. The highest BCUT2D eigenvalue weighted by Gasteiger charge is 2.38. The second-order valence-corrected chi connectivity index (χ2v) is 8.02. The van der Waals surface area contributed by atoms with Crippen LogP contribution in [-0.4, -0.2) is 27.6 Å². The smallest absolute Gasteiger partial charge is 0.170 e. The molecule has 0 fully saturated rings. The van der Waals surface area contributed by atoms with E-state index in [0.29, 0.717) is 0 Å². The Hall–Kier alpha value is -2.01. The van der Waals surface area contributed by atoms with Crippen molar-refractivity contribution in [3.8, 4) is 0 Å². The Bertz CT molecular complexity index is 806. The molecule has 2 aromatic rings. The number of benzene rings is 1. The molecular formula is C19H23N3OS. The lowest BCUT2D eigenvalue weighted by atomic mass is 9.83. The molecule has 0 aliphatic carbocycles. The summed E-state index contributed by atoms with van der Waals surface area (Å²) >= 11 is 1.49. The average molecular weight is 341 g/mol. The molecule has 1 unspecified atom stereocenters. The molecule has 0 radical (unpaired) electrons. The van der Waals surface area contributed by atoms with Gasteiger partial charge in [0.2, 0.25) is 0 Å². The highest BCUT2D eigenvalue weighted by molar-refractivity contribution is 8.00. The van der Waals surface area contributed by atoms with E-state index < -0.39 is 0 Å². The van der Waals surface area contributed by atoms with Gasteiger partial charge in [-0.05, 0) is 18.6 Å². The van der Waals surface area contributed by atoms with Gasteiger partial charge in [0.25, 0.3) is 0 Å². The van der Waals surface area contributed by atoms with Crippen molar-refractivity contribution in [3.05, 3.63) is 54.0 Å². The maximum atomic E-state index is 12.8. The molecule has 3 rings (SSSR count). The summed E-state index contributed by atoms with van der Waals surface area (Å²) in [6, 6.07) is 8.34. The minimum absolute atomic E-state index is 0.116. The van der Waals surface area contributed by atoms with Crippen LogP contribution in [0, 0.1) is 0 Å². The van der Waals surface area contributed by atoms with Gasteiger partial charge in [-0.15, -0.1) is 0 Å². The maximum absolute atomic E-state index is 12.8. The summed E-state index contributed by atoms with van der Waals surface area (Å²) in [7, 11) is 3.97. The van der Waals surface area contributed by atoms with Crippen LogP contribution in [0.25, 0.3) is 0 Å². The summed E-state index contributed by atoms with van der Waals surface area (Å²) in [6.07, 6.45) is 5.45. The van der Waals surface area contributed by atoms with E-state index in [0.717, 1.165) is 10.9 Å². The molecule has 1 aliphatic rings. The highest BCUT2D eigenvalue weighted by atomic mass is 32.2. The lowest BCUT2D eigenvalue weighted by Gasteiger charge is -2.24. The molecule has 5 heteroatoms. The van der Waals surface area contributed by atoms with Crippen molar-refractivity contribution in [1.82, 2.24) is 9.55 Å². The van der Waals surface area contributed by atoms with Crippen LogP contribution in [0.3, 0.4) is 0 Å². The Morgan fingerprint density at radius 1 is 1.29 bits per heavy atom. The number of ketones is 1. The number of likely N-dealkylation sites (N-methyl/N-ethyl adjacent to an activating group) is 1. The zero-order valence-corrected chi connectivity index (χ0v) is 15.6. The lowest BCUT2D eigenvalue weighted by molar-refractivity contribution is -0.114. The minimum Gasteiger partial charge on any atom is -0.347 e. The van der Waals surface area contributed by atoms with Crippen molar-refractivity contribution in [2.24, 2.45) is 7.05 Å². The van der Waals surface area contributed by atoms with Crippen LogP contribution >= 0.6 is 11.8 Å². The lowest BCUT2D eigenvalue weighted by Crippen LogP contribution is -2.25. The molecule has 4 nitrogen and oxygen atoms in total. The Balaban J connectivity index is 1.86. The van der Waals surface area contributed by atoms with E-state index in [2.05, 4.69) is 41.9 Å². The van der Waals surface area contributed by atoms with Gasteiger partial charge in [-0.25, -0.2) is 4.98 Å². The molecule has 0 amide bonds. The second-order valence-electron chi connectivity index (χ2n) is 6.71. The Kier molecular flexibility index (Phi) is 4.30. The molecule has 0 saturated carbocycles. The van der Waals surface area contributed by atoms with Crippen molar-refractivity contribution < 1.29 is 4.79 Å². The van der Waals surface area contributed by atoms with Crippen LogP contribution in [0.1, 0.15) is 26.3 Å². The number of hydrogen-bond donors (Lipinski definition) is 0. The van der Waals surface area contributed by atoms with E-state index >= 15 is 0 Å². The quantitative estimate of drug-likeness (QED) is 0.626. The largest absolute Gasteiger partial charge is 0.347 e. The number of para-hydroxylation sites is 1. The summed E-state index contributed by atoms with van der Waals surface area (Å²) in [5.74, 6) is 0.116. The summed E-state index contributed by atoms with van der Waals surface area (Å²) in [4.78, 5) is 19.2. The Morgan fingerprint density at radius 3 is 2.62 bits per heavy atom. The second kappa shape index (κ2) is 6.13. The number of imidazole rings is 1.